The minimum absolute atomic E-state index is 0.340. The first-order chi connectivity index (χ1) is 11.5. The van der Waals surface area contributed by atoms with E-state index in [1.165, 1.54) is 10.4 Å². The summed E-state index contributed by atoms with van der Waals surface area (Å²) in [5, 5.41) is 2.99. The van der Waals surface area contributed by atoms with E-state index in [-0.39, 0.29) is 0 Å². The molecule has 0 unspecified atom stereocenters. The molecule has 2 aromatic rings. The van der Waals surface area contributed by atoms with Gasteiger partial charge in [-0.1, -0.05) is 18.2 Å². The van der Waals surface area contributed by atoms with Crippen molar-refractivity contribution in [2.45, 2.75) is 6.42 Å². The molecule has 5 nitrogen and oxygen atoms in total. The van der Waals surface area contributed by atoms with Gasteiger partial charge in [0.05, 0.1) is 11.4 Å². The third-order valence-electron chi connectivity index (χ3n) is 3.84. The number of hydrogen-bond acceptors (Lipinski definition) is 5. The summed E-state index contributed by atoms with van der Waals surface area (Å²) < 4.78 is 52.4. The molecular formula is C16H19F2N3O2S. The lowest BCUT2D eigenvalue weighted by Crippen LogP contribution is -2.33. The first-order valence-corrected chi connectivity index (χ1v) is 8.98. The van der Waals surface area contributed by atoms with Crippen LogP contribution in [0.15, 0.2) is 42.5 Å². The Labute approximate surface area is 141 Å². The van der Waals surface area contributed by atoms with E-state index in [4.69, 9.17) is 0 Å². The summed E-state index contributed by atoms with van der Waals surface area (Å²) in [7, 11) is -1.80. The Kier molecular flexibility index (Phi) is 4.64. The number of fused-ring (bicyclic) bond motifs is 1. The van der Waals surface area contributed by atoms with Gasteiger partial charge in [0.1, 0.15) is 5.69 Å². The number of halogens is 2. The highest BCUT2D eigenvalue weighted by Crippen LogP contribution is 2.64. The molecule has 0 amide bonds. The van der Waals surface area contributed by atoms with E-state index < -0.39 is 28.3 Å². The van der Waals surface area contributed by atoms with Crippen LogP contribution in [0.1, 0.15) is 6.42 Å². The molecule has 130 valence electrons. The van der Waals surface area contributed by atoms with E-state index in [0.717, 1.165) is 16.4 Å². The highest BCUT2D eigenvalue weighted by atomic mass is 32.3. The maximum atomic E-state index is 14.3. The molecule has 1 aliphatic rings. The summed E-state index contributed by atoms with van der Waals surface area (Å²) in [5.41, 5.74) is 0.447. The molecule has 0 saturated heterocycles. The Bertz CT molecular complexity index is 725. The van der Waals surface area contributed by atoms with Gasteiger partial charge < -0.3 is 5.32 Å². The molecule has 0 aliphatic carbocycles. The van der Waals surface area contributed by atoms with E-state index >= 15 is 0 Å². The smallest absolute Gasteiger partial charge is 0.151 e. The van der Waals surface area contributed by atoms with Crippen LogP contribution in [-0.4, -0.2) is 29.2 Å². The van der Waals surface area contributed by atoms with Gasteiger partial charge in [0.15, 0.2) is 11.6 Å². The van der Waals surface area contributed by atoms with E-state index in [9.17, 15) is 17.9 Å². The Morgan fingerprint density at radius 1 is 1.00 bits per heavy atom. The minimum Gasteiger partial charge on any atom is -0.320 e. The van der Waals surface area contributed by atoms with Gasteiger partial charge in [-0.3, -0.25) is 13.4 Å². The van der Waals surface area contributed by atoms with Crippen LogP contribution < -0.4 is 13.9 Å². The molecule has 0 fully saturated rings. The number of benzene rings is 2. The maximum Gasteiger partial charge on any atom is 0.151 e. The van der Waals surface area contributed by atoms with E-state index in [1.807, 2.05) is 0 Å². The molecule has 2 aromatic carbocycles. The van der Waals surface area contributed by atoms with Gasteiger partial charge >= 0.3 is 0 Å². The molecule has 8 heteroatoms. The summed E-state index contributed by atoms with van der Waals surface area (Å²) in [6.07, 6.45) is 0.647. The fourth-order valence-electron chi connectivity index (χ4n) is 2.78. The second-order valence-corrected chi connectivity index (χ2v) is 7.19. The molecule has 0 atom stereocenters. The van der Waals surface area contributed by atoms with Crippen molar-refractivity contribution in [1.29, 1.82) is 0 Å². The van der Waals surface area contributed by atoms with Crippen LogP contribution in [0.3, 0.4) is 0 Å². The Morgan fingerprint density at radius 3 is 2.25 bits per heavy atom. The molecule has 0 radical (unpaired) electrons. The molecule has 3 rings (SSSR count). The van der Waals surface area contributed by atoms with Crippen LogP contribution in [0, 0.1) is 11.6 Å². The SMILES string of the molecule is CNCCCN1c2ccccc2N(c2c(F)cccc2F)S1(O)O. The third kappa shape index (κ3) is 2.71. The van der Waals surface area contributed by atoms with Crippen molar-refractivity contribution in [1.82, 2.24) is 5.32 Å². The molecule has 1 aliphatic heterocycles. The number of para-hydroxylation sites is 3. The molecule has 0 saturated carbocycles. The number of nitrogens with one attached hydrogen (secondary N) is 1. The number of hydrogen-bond donors (Lipinski definition) is 3. The van der Waals surface area contributed by atoms with Crippen molar-refractivity contribution < 1.29 is 17.9 Å². The van der Waals surface area contributed by atoms with Crippen LogP contribution in [-0.2, 0) is 0 Å². The van der Waals surface area contributed by atoms with E-state index in [2.05, 4.69) is 5.32 Å². The molecular weight excluding hydrogens is 336 g/mol. The highest BCUT2D eigenvalue weighted by molar-refractivity contribution is 8.27. The van der Waals surface area contributed by atoms with Crippen LogP contribution in [0.4, 0.5) is 25.8 Å². The average molecular weight is 355 g/mol. The second-order valence-electron chi connectivity index (χ2n) is 5.40. The topological polar surface area (TPSA) is 59.0 Å². The normalized spacial score (nSPS) is 17.0. The summed E-state index contributed by atoms with van der Waals surface area (Å²) in [6.45, 7) is 1.02. The quantitative estimate of drug-likeness (QED) is 0.705. The van der Waals surface area contributed by atoms with Gasteiger partial charge in [0.2, 0.25) is 0 Å². The highest BCUT2D eigenvalue weighted by Gasteiger charge is 2.43. The molecule has 0 bridgehead atoms. The first-order valence-electron chi connectivity index (χ1n) is 7.52. The zero-order valence-electron chi connectivity index (χ0n) is 13.1. The van der Waals surface area contributed by atoms with Gasteiger partial charge in [-0.05, 0) is 55.2 Å². The molecule has 0 aromatic heterocycles. The maximum absolute atomic E-state index is 14.3. The van der Waals surface area contributed by atoms with Crippen molar-refractivity contribution in [3.05, 3.63) is 54.1 Å². The fraction of sp³-hybridized carbons (Fsp3) is 0.250. The molecule has 24 heavy (non-hydrogen) atoms. The largest absolute Gasteiger partial charge is 0.320 e. The lowest BCUT2D eigenvalue weighted by Gasteiger charge is -2.43. The van der Waals surface area contributed by atoms with Crippen LogP contribution in [0.25, 0.3) is 0 Å². The van der Waals surface area contributed by atoms with Gasteiger partial charge in [-0.25, -0.2) is 13.1 Å². The average Bonchev–Trinajstić information content (AvgIpc) is 2.76. The molecule has 1 heterocycles. The van der Waals surface area contributed by atoms with Crippen LogP contribution in [0.5, 0.6) is 0 Å². The lowest BCUT2D eigenvalue weighted by atomic mass is 10.2. The summed E-state index contributed by atoms with van der Waals surface area (Å²) >= 11 is 0. The standard InChI is InChI=1S/C16H19F2N3O2S/c1-19-10-5-11-20-14-8-2-3-9-15(14)21(24(20,22)23)16-12(17)6-4-7-13(16)18/h2-4,6-9,19,22-23H,5,10-11H2,1H3. The zero-order chi connectivity index (χ0) is 17.3. The predicted octanol–water partition coefficient (Wildman–Crippen LogP) is 4.11. The summed E-state index contributed by atoms with van der Waals surface area (Å²) in [6, 6.07) is 10.2. The number of nitrogens with zero attached hydrogens (tertiary/aromatic N) is 2. The van der Waals surface area contributed by atoms with Crippen molar-refractivity contribution in [3.63, 3.8) is 0 Å². The van der Waals surface area contributed by atoms with Gasteiger partial charge in [-0.15, -0.1) is 0 Å². The van der Waals surface area contributed by atoms with Crippen LogP contribution in [0.2, 0.25) is 0 Å². The second kappa shape index (κ2) is 6.56. The van der Waals surface area contributed by atoms with E-state index in [1.54, 1.807) is 31.3 Å². The number of anilines is 3. The predicted molar refractivity (Wildman–Crippen MR) is 93.7 cm³/mol. The Morgan fingerprint density at radius 2 is 1.62 bits per heavy atom. The zero-order valence-corrected chi connectivity index (χ0v) is 13.9. The monoisotopic (exact) mass is 355 g/mol. The Hall–Kier alpha value is -1.87. The summed E-state index contributed by atoms with van der Waals surface area (Å²) in [5.74, 6) is -1.69. The third-order valence-corrected chi connectivity index (χ3v) is 5.68. The van der Waals surface area contributed by atoms with Crippen LogP contribution >= 0.6 is 11.0 Å². The van der Waals surface area contributed by atoms with Gasteiger partial charge in [0, 0.05) is 6.54 Å². The van der Waals surface area contributed by atoms with Crippen molar-refractivity contribution in [2.75, 3.05) is 28.7 Å². The van der Waals surface area contributed by atoms with Gasteiger partial charge in [0.25, 0.3) is 0 Å². The first kappa shape index (κ1) is 17.0. The lowest BCUT2D eigenvalue weighted by molar-refractivity contribution is 0.480. The molecule has 3 N–H and O–H groups in total. The number of rotatable bonds is 5. The minimum atomic E-state index is -3.61. The Balaban J connectivity index is 2.10. The fourth-order valence-corrected chi connectivity index (χ4v) is 4.60. The van der Waals surface area contributed by atoms with E-state index in [0.29, 0.717) is 30.9 Å². The van der Waals surface area contributed by atoms with Gasteiger partial charge in [-0.2, -0.15) is 0 Å². The summed E-state index contributed by atoms with van der Waals surface area (Å²) in [4.78, 5) is 0. The van der Waals surface area contributed by atoms with Crippen molar-refractivity contribution in [3.8, 4) is 0 Å². The molecule has 0 spiro atoms. The van der Waals surface area contributed by atoms with Crippen molar-refractivity contribution in [2.24, 2.45) is 0 Å². The van der Waals surface area contributed by atoms with Crippen molar-refractivity contribution >= 4 is 28.0 Å².